The van der Waals surface area contributed by atoms with Crippen LogP contribution >= 0.6 is 11.6 Å². The number of aromatic nitrogens is 2. The number of fused-ring (bicyclic) bond motifs is 2. The number of piperidine rings is 1. The number of rotatable bonds is 4. The lowest BCUT2D eigenvalue weighted by Crippen LogP contribution is -2.46. The summed E-state index contributed by atoms with van der Waals surface area (Å²) in [5.74, 6) is 0.332. The highest BCUT2D eigenvalue weighted by atomic mass is 35.5. The third kappa shape index (κ3) is 2.92. The van der Waals surface area contributed by atoms with Crippen molar-refractivity contribution in [1.29, 1.82) is 0 Å². The van der Waals surface area contributed by atoms with Gasteiger partial charge in [-0.25, -0.2) is 8.42 Å². The summed E-state index contributed by atoms with van der Waals surface area (Å²) in [5, 5.41) is 4.82. The van der Waals surface area contributed by atoms with Crippen LogP contribution in [0, 0.1) is 6.92 Å². The Hall–Kier alpha value is -1.57. The second-order valence-corrected chi connectivity index (χ2v) is 9.39. The highest BCUT2D eigenvalue weighted by Gasteiger charge is 2.48. The molecule has 0 amide bonds. The van der Waals surface area contributed by atoms with Crippen LogP contribution in [0.5, 0.6) is 5.75 Å². The molecule has 2 unspecified atom stereocenters. The Morgan fingerprint density at radius 2 is 1.88 bits per heavy atom. The van der Waals surface area contributed by atoms with Crippen molar-refractivity contribution in [3.05, 3.63) is 41.2 Å². The van der Waals surface area contributed by atoms with Gasteiger partial charge >= 0.3 is 0 Å². The van der Waals surface area contributed by atoms with Crippen molar-refractivity contribution in [3.63, 3.8) is 0 Å². The van der Waals surface area contributed by atoms with Crippen LogP contribution in [-0.4, -0.2) is 41.7 Å². The molecule has 0 spiro atoms. The maximum Gasteiger partial charge on any atom is 0.247 e. The fourth-order valence-electron chi connectivity index (χ4n) is 4.31. The summed E-state index contributed by atoms with van der Waals surface area (Å²) in [6, 6.07) is 4.94. The van der Waals surface area contributed by atoms with Crippen LogP contribution in [0.15, 0.2) is 35.5 Å². The molecule has 0 saturated carbocycles. The van der Waals surface area contributed by atoms with Gasteiger partial charge in [-0.15, -0.1) is 0 Å². The first-order valence-electron chi connectivity index (χ1n) is 8.78. The van der Waals surface area contributed by atoms with Crippen LogP contribution in [0.1, 0.15) is 37.3 Å². The lowest BCUT2D eigenvalue weighted by atomic mass is 10.00. The minimum Gasteiger partial charge on any atom is -0.495 e. The van der Waals surface area contributed by atoms with Crippen LogP contribution in [0.25, 0.3) is 0 Å². The minimum absolute atomic E-state index is 0.0167. The van der Waals surface area contributed by atoms with Crippen LogP contribution in [-0.2, 0) is 10.0 Å². The first kappa shape index (κ1) is 17.8. The molecule has 2 saturated heterocycles. The molecule has 2 aliphatic heterocycles. The molecule has 8 heteroatoms. The van der Waals surface area contributed by atoms with Gasteiger partial charge in [-0.3, -0.25) is 4.68 Å². The van der Waals surface area contributed by atoms with Crippen LogP contribution in [0.3, 0.4) is 0 Å². The summed E-state index contributed by atoms with van der Waals surface area (Å²) in [5.41, 5.74) is 1.12. The van der Waals surface area contributed by atoms with Crippen LogP contribution in [0.2, 0.25) is 5.02 Å². The Kier molecular flexibility index (Phi) is 4.49. The summed E-state index contributed by atoms with van der Waals surface area (Å²) < 4.78 is 35.7. The molecule has 2 atom stereocenters. The molecule has 2 fully saturated rings. The number of nitrogens with zero attached hydrogens (tertiary/aromatic N) is 3. The van der Waals surface area contributed by atoms with E-state index >= 15 is 0 Å². The average Bonchev–Trinajstić information content (AvgIpc) is 3.16. The van der Waals surface area contributed by atoms with Gasteiger partial charge in [0.2, 0.25) is 10.0 Å². The van der Waals surface area contributed by atoms with E-state index in [4.69, 9.17) is 16.3 Å². The largest absolute Gasteiger partial charge is 0.495 e. The molecule has 2 aromatic rings. The molecule has 0 N–H and O–H groups in total. The van der Waals surface area contributed by atoms with Crippen LogP contribution < -0.4 is 4.74 Å². The minimum atomic E-state index is -3.67. The van der Waals surface area contributed by atoms with Crippen molar-refractivity contribution in [3.8, 4) is 5.75 Å². The van der Waals surface area contributed by atoms with E-state index < -0.39 is 10.0 Å². The lowest BCUT2D eigenvalue weighted by molar-refractivity contribution is 0.184. The normalized spacial score (nSPS) is 26.2. The Balaban J connectivity index is 1.66. The summed E-state index contributed by atoms with van der Waals surface area (Å²) in [7, 11) is -2.19. The molecule has 4 rings (SSSR count). The predicted molar refractivity (Wildman–Crippen MR) is 99.1 cm³/mol. The van der Waals surface area contributed by atoms with Gasteiger partial charge in [-0.05, 0) is 56.4 Å². The number of methoxy groups -OCH3 is 1. The van der Waals surface area contributed by atoms with Gasteiger partial charge < -0.3 is 4.74 Å². The highest BCUT2D eigenvalue weighted by Crippen LogP contribution is 2.45. The highest BCUT2D eigenvalue weighted by molar-refractivity contribution is 7.89. The number of hydrogen-bond acceptors (Lipinski definition) is 4. The third-order valence-corrected chi connectivity index (χ3v) is 7.69. The topological polar surface area (TPSA) is 64.4 Å². The summed E-state index contributed by atoms with van der Waals surface area (Å²) in [6.07, 6.45) is 7.20. The van der Waals surface area contributed by atoms with Gasteiger partial charge in [-0.1, -0.05) is 11.6 Å². The summed E-state index contributed by atoms with van der Waals surface area (Å²) >= 11 is 6.06. The van der Waals surface area contributed by atoms with E-state index in [1.54, 1.807) is 16.4 Å². The van der Waals surface area contributed by atoms with Gasteiger partial charge in [0.15, 0.2) is 0 Å². The second-order valence-electron chi connectivity index (χ2n) is 7.14. The molecule has 2 bridgehead atoms. The Morgan fingerprint density at radius 3 is 2.46 bits per heavy atom. The van der Waals surface area contributed by atoms with E-state index in [1.165, 1.54) is 13.2 Å². The zero-order chi connectivity index (χ0) is 18.5. The van der Waals surface area contributed by atoms with E-state index in [-0.39, 0.29) is 23.0 Å². The monoisotopic (exact) mass is 395 g/mol. The van der Waals surface area contributed by atoms with E-state index in [9.17, 15) is 8.42 Å². The smallest absolute Gasteiger partial charge is 0.247 e. The number of aryl methyl sites for hydroxylation is 1. The van der Waals surface area contributed by atoms with Crippen molar-refractivity contribution < 1.29 is 13.2 Å². The molecule has 2 aliphatic rings. The van der Waals surface area contributed by atoms with Gasteiger partial charge in [0.25, 0.3) is 0 Å². The number of ether oxygens (including phenoxy) is 1. The molecular weight excluding hydrogens is 374 g/mol. The molecule has 1 aromatic heterocycles. The Morgan fingerprint density at radius 1 is 1.19 bits per heavy atom. The summed E-state index contributed by atoms with van der Waals surface area (Å²) in [6.45, 7) is 2.02. The first-order chi connectivity index (χ1) is 12.4. The molecule has 6 nitrogen and oxygen atoms in total. The quantitative estimate of drug-likeness (QED) is 0.795. The molecular formula is C18H22ClN3O3S. The van der Waals surface area contributed by atoms with E-state index in [0.29, 0.717) is 10.8 Å². The fourth-order valence-corrected chi connectivity index (χ4v) is 6.63. The lowest BCUT2D eigenvalue weighted by Gasteiger charge is -2.38. The molecule has 1 aromatic carbocycles. The maximum atomic E-state index is 13.4. The van der Waals surface area contributed by atoms with Gasteiger partial charge in [-0.2, -0.15) is 9.40 Å². The predicted octanol–water partition coefficient (Wildman–Crippen LogP) is 3.41. The molecule has 140 valence electrons. The third-order valence-electron chi connectivity index (χ3n) is 5.43. The van der Waals surface area contributed by atoms with Crippen molar-refractivity contribution >= 4 is 21.6 Å². The maximum absolute atomic E-state index is 13.4. The summed E-state index contributed by atoms with van der Waals surface area (Å²) in [4.78, 5) is 0.151. The zero-order valence-corrected chi connectivity index (χ0v) is 16.4. The fraction of sp³-hybridized carbons (Fsp3) is 0.500. The van der Waals surface area contributed by atoms with E-state index in [0.717, 1.165) is 31.2 Å². The van der Waals surface area contributed by atoms with Crippen molar-refractivity contribution in [1.82, 2.24) is 14.1 Å². The zero-order valence-electron chi connectivity index (χ0n) is 14.8. The van der Waals surface area contributed by atoms with Crippen molar-refractivity contribution in [2.75, 3.05) is 7.11 Å². The van der Waals surface area contributed by atoms with Crippen molar-refractivity contribution in [2.45, 2.75) is 55.6 Å². The van der Waals surface area contributed by atoms with E-state index in [2.05, 4.69) is 5.10 Å². The van der Waals surface area contributed by atoms with Gasteiger partial charge in [0.05, 0.1) is 19.3 Å². The number of hydrogen-bond donors (Lipinski definition) is 0. The van der Waals surface area contributed by atoms with Crippen molar-refractivity contribution in [2.24, 2.45) is 0 Å². The number of halogens is 1. The van der Waals surface area contributed by atoms with Gasteiger partial charge in [0, 0.05) is 23.3 Å². The molecule has 0 radical (unpaired) electrons. The Bertz CT molecular complexity index is 914. The molecule has 26 heavy (non-hydrogen) atoms. The van der Waals surface area contributed by atoms with Gasteiger partial charge in [0.1, 0.15) is 10.6 Å². The number of benzene rings is 1. The second kappa shape index (κ2) is 6.55. The van der Waals surface area contributed by atoms with E-state index in [1.807, 2.05) is 24.0 Å². The first-order valence-corrected chi connectivity index (χ1v) is 10.6. The average molecular weight is 396 g/mol. The number of sulfonamides is 1. The standard InChI is InChI=1S/C18H22ClN3O3S/c1-12-10-20-21(11-12)16-8-14-4-5-15(9-16)22(14)26(23,24)18-7-13(19)3-6-17(18)25-2/h3,6-7,10-11,14-16H,4-5,8-9H2,1-2H3. The Labute approximate surface area is 158 Å². The van der Waals surface area contributed by atoms with Crippen LogP contribution in [0.4, 0.5) is 0 Å². The molecule has 3 heterocycles. The molecule has 0 aliphatic carbocycles. The SMILES string of the molecule is COc1ccc(Cl)cc1S(=O)(=O)N1C2CCC1CC(n1cc(C)cn1)C2.